The van der Waals surface area contributed by atoms with E-state index in [1.54, 1.807) is 48.5 Å². The first-order valence-electron chi connectivity index (χ1n) is 12.7. The zero-order chi connectivity index (χ0) is 25.7. The van der Waals surface area contributed by atoms with Crippen LogP contribution >= 0.6 is 0 Å². The molecule has 4 rings (SSSR count). The van der Waals surface area contributed by atoms with E-state index in [-0.39, 0.29) is 23.1 Å². The van der Waals surface area contributed by atoms with Gasteiger partial charge in [0.2, 0.25) is 0 Å². The van der Waals surface area contributed by atoms with Crippen molar-refractivity contribution in [1.29, 1.82) is 0 Å². The van der Waals surface area contributed by atoms with Crippen LogP contribution in [0.25, 0.3) is 22.3 Å². The quantitative estimate of drug-likeness (QED) is 0.172. The molecule has 1 saturated heterocycles. The monoisotopic (exact) mass is 496 g/mol. The van der Waals surface area contributed by atoms with Gasteiger partial charge in [0.25, 0.3) is 0 Å². The van der Waals surface area contributed by atoms with E-state index >= 15 is 8.78 Å². The van der Waals surface area contributed by atoms with Gasteiger partial charge in [-0.2, -0.15) is 0 Å². The summed E-state index contributed by atoms with van der Waals surface area (Å²) in [6, 6.07) is 12.8. The van der Waals surface area contributed by atoms with Crippen LogP contribution in [0.2, 0.25) is 0 Å². The Morgan fingerprint density at radius 1 is 0.778 bits per heavy atom. The van der Waals surface area contributed by atoms with Gasteiger partial charge in [-0.15, -0.1) is 0 Å². The Balaban J connectivity index is 1.53. The summed E-state index contributed by atoms with van der Waals surface area (Å²) in [6.07, 6.45) is 8.69. The average molecular weight is 497 g/mol. The number of rotatable bonds is 8. The molecule has 190 valence electrons. The smallest absolute Gasteiger partial charge is 0.166 e. The highest BCUT2D eigenvalue weighted by Crippen LogP contribution is 2.35. The van der Waals surface area contributed by atoms with Crippen molar-refractivity contribution < 1.29 is 22.3 Å². The fourth-order valence-electron chi connectivity index (χ4n) is 4.89. The molecule has 3 aromatic rings. The number of halogens is 4. The molecule has 0 aromatic heterocycles. The van der Waals surface area contributed by atoms with Crippen molar-refractivity contribution in [3.8, 4) is 22.3 Å². The highest BCUT2D eigenvalue weighted by molar-refractivity contribution is 5.71. The van der Waals surface area contributed by atoms with E-state index in [4.69, 9.17) is 4.74 Å². The molecule has 3 aromatic carbocycles. The van der Waals surface area contributed by atoms with Gasteiger partial charge in [-0.25, -0.2) is 17.6 Å². The summed E-state index contributed by atoms with van der Waals surface area (Å²) in [5, 5.41) is 0. The van der Waals surface area contributed by atoms with E-state index < -0.39 is 23.3 Å². The van der Waals surface area contributed by atoms with E-state index in [0.29, 0.717) is 35.3 Å². The second-order valence-corrected chi connectivity index (χ2v) is 9.44. The van der Waals surface area contributed by atoms with Gasteiger partial charge in [-0.1, -0.05) is 80.4 Å². The highest BCUT2D eigenvalue weighted by atomic mass is 19.2. The third kappa shape index (κ3) is 5.57. The molecule has 0 radical (unpaired) electrons. The zero-order valence-corrected chi connectivity index (χ0v) is 20.8. The van der Waals surface area contributed by atoms with E-state index in [1.165, 1.54) is 0 Å². The Morgan fingerprint density at radius 2 is 1.42 bits per heavy atom. The largest absolute Gasteiger partial charge is 0.374 e. The topological polar surface area (TPSA) is 9.23 Å². The first-order valence-corrected chi connectivity index (χ1v) is 12.7. The van der Waals surface area contributed by atoms with E-state index in [0.717, 1.165) is 32.1 Å². The molecule has 0 spiro atoms. The standard InChI is InChI=1S/C31H32F4O/c1-3-5-6-8-22-14-16-25(29(33)28(22)32)20-9-11-21(12-10-20)26-17-18-27(31(35)30(26)34)23-13-15-24(7-4-2)36-19-23/h4,7,9-12,14,16-18,23-24H,3,5-6,8,13,15,19H2,1-2H3. The van der Waals surface area contributed by atoms with Crippen molar-refractivity contribution in [3.05, 3.63) is 95.1 Å². The molecule has 1 heterocycles. The van der Waals surface area contributed by atoms with Crippen LogP contribution in [-0.2, 0) is 11.2 Å². The zero-order valence-electron chi connectivity index (χ0n) is 20.8. The fraction of sp³-hybridized carbons (Fsp3) is 0.355. The van der Waals surface area contributed by atoms with Crippen molar-refractivity contribution in [2.75, 3.05) is 6.61 Å². The number of allylic oxidation sites excluding steroid dienone is 1. The molecule has 1 nitrogen and oxygen atoms in total. The van der Waals surface area contributed by atoms with Crippen LogP contribution in [-0.4, -0.2) is 12.7 Å². The highest BCUT2D eigenvalue weighted by Gasteiger charge is 2.26. The molecule has 0 aliphatic carbocycles. The second-order valence-electron chi connectivity index (χ2n) is 9.44. The van der Waals surface area contributed by atoms with Crippen LogP contribution < -0.4 is 0 Å². The molecule has 36 heavy (non-hydrogen) atoms. The molecule has 1 aliphatic rings. The Labute approximate surface area is 210 Å². The summed E-state index contributed by atoms with van der Waals surface area (Å²) < 4.78 is 65.3. The lowest BCUT2D eigenvalue weighted by molar-refractivity contribution is 0.0317. The van der Waals surface area contributed by atoms with Gasteiger partial charge >= 0.3 is 0 Å². The lowest BCUT2D eigenvalue weighted by Crippen LogP contribution is -2.24. The van der Waals surface area contributed by atoms with Crippen LogP contribution in [0.5, 0.6) is 0 Å². The molecule has 5 heteroatoms. The fourth-order valence-corrected chi connectivity index (χ4v) is 4.89. The lowest BCUT2D eigenvalue weighted by Gasteiger charge is -2.28. The van der Waals surface area contributed by atoms with Crippen molar-refractivity contribution in [2.24, 2.45) is 0 Å². The predicted molar refractivity (Wildman–Crippen MR) is 137 cm³/mol. The summed E-state index contributed by atoms with van der Waals surface area (Å²) >= 11 is 0. The first kappa shape index (κ1) is 26.2. The minimum Gasteiger partial charge on any atom is -0.374 e. The summed E-state index contributed by atoms with van der Waals surface area (Å²) in [5.41, 5.74) is 1.91. The number of ether oxygens (including phenoxy) is 1. The average Bonchev–Trinajstić information content (AvgIpc) is 2.89. The lowest BCUT2D eigenvalue weighted by atomic mass is 9.89. The van der Waals surface area contributed by atoms with E-state index in [9.17, 15) is 8.78 Å². The number of hydrogen-bond acceptors (Lipinski definition) is 1. The van der Waals surface area contributed by atoms with E-state index in [2.05, 4.69) is 6.92 Å². The Bertz CT molecular complexity index is 1210. The Morgan fingerprint density at radius 3 is 2.00 bits per heavy atom. The third-order valence-electron chi connectivity index (χ3n) is 6.99. The van der Waals surface area contributed by atoms with Crippen LogP contribution in [0.4, 0.5) is 17.6 Å². The maximum absolute atomic E-state index is 15.1. The van der Waals surface area contributed by atoms with Gasteiger partial charge in [0.05, 0.1) is 12.7 Å². The number of benzene rings is 3. The minimum atomic E-state index is -0.913. The molecule has 0 amide bonds. The van der Waals surface area contributed by atoms with Crippen LogP contribution in [0.3, 0.4) is 0 Å². The van der Waals surface area contributed by atoms with Gasteiger partial charge < -0.3 is 4.74 Å². The maximum Gasteiger partial charge on any atom is 0.166 e. The normalized spacial score (nSPS) is 18.2. The number of aryl methyl sites for hydroxylation is 1. The maximum atomic E-state index is 15.1. The molecule has 2 unspecified atom stereocenters. The summed E-state index contributed by atoms with van der Waals surface area (Å²) in [7, 11) is 0. The van der Waals surface area contributed by atoms with Gasteiger partial charge in [0.1, 0.15) is 0 Å². The Kier molecular flexibility index (Phi) is 8.63. The van der Waals surface area contributed by atoms with Crippen LogP contribution in [0.1, 0.15) is 63.0 Å². The molecule has 0 N–H and O–H groups in total. The van der Waals surface area contributed by atoms with Gasteiger partial charge in [0.15, 0.2) is 23.3 Å². The van der Waals surface area contributed by atoms with Crippen LogP contribution in [0.15, 0.2) is 60.7 Å². The molecule has 1 aliphatic heterocycles. The van der Waals surface area contributed by atoms with Gasteiger partial charge in [0, 0.05) is 17.0 Å². The third-order valence-corrected chi connectivity index (χ3v) is 6.99. The number of unbranched alkanes of at least 4 members (excludes halogenated alkanes) is 2. The van der Waals surface area contributed by atoms with Gasteiger partial charge in [-0.05, 0) is 54.9 Å². The summed E-state index contributed by atoms with van der Waals surface area (Å²) in [5.74, 6) is -3.67. The molecular formula is C31H32F4O. The van der Waals surface area contributed by atoms with E-state index in [1.807, 2.05) is 19.1 Å². The predicted octanol–water partition coefficient (Wildman–Crippen LogP) is 9.15. The second kappa shape index (κ2) is 11.9. The van der Waals surface area contributed by atoms with Crippen LogP contribution in [0, 0.1) is 23.3 Å². The molecule has 2 atom stereocenters. The SMILES string of the molecule is CC=CC1CCC(c2ccc(-c3ccc(-c4ccc(CCCCC)c(F)c4F)cc3)c(F)c2F)CO1. The molecule has 1 fully saturated rings. The first-order chi connectivity index (χ1) is 17.4. The Hall–Kier alpha value is -2.92. The molecular weight excluding hydrogens is 464 g/mol. The summed E-state index contributed by atoms with van der Waals surface area (Å²) in [4.78, 5) is 0. The van der Waals surface area contributed by atoms with Crippen molar-refractivity contribution in [3.63, 3.8) is 0 Å². The number of hydrogen-bond donors (Lipinski definition) is 0. The van der Waals surface area contributed by atoms with Crippen molar-refractivity contribution in [1.82, 2.24) is 0 Å². The molecule has 0 saturated carbocycles. The van der Waals surface area contributed by atoms with Crippen molar-refractivity contribution >= 4 is 0 Å². The molecule has 0 bridgehead atoms. The van der Waals surface area contributed by atoms with Crippen molar-refractivity contribution in [2.45, 2.75) is 64.4 Å². The summed E-state index contributed by atoms with van der Waals surface area (Å²) in [6.45, 7) is 4.33. The van der Waals surface area contributed by atoms with Gasteiger partial charge in [-0.3, -0.25) is 0 Å². The minimum absolute atomic E-state index is 0.0209.